The number of carbonyl (C=O) groups excluding carboxylic acids is 5. The smallest absolute Gasteiger partial charge is 0.410 e. The molecule has 0 bridgehead atoms. The number of ether oxygens (including phenoxy) is 2. The lowest BCUT2D eigenvalue weighted by Crippen LogP contribution is -2.54. The predicted octanol–water partition coefficient (Wildman–Crippen LogP) is 2.93. The van der Waals surface area contributed by atoms with Crippen molar-refractivity contribution in [2.75, 3.05) is 26.2 Å². The number of carbonyl (C=O) groups is 5. The number of piperazine rings is 1. The molecular weight excluding hydrogens is 516 g/mol. The molecule has 0 radical (unpaired) electrons. The molecule has 11 heteroatoms. The molecule has 2 fully saturated rings. The minimum Gasteiger partial charge on any atom is -0.457 e. The Bertz CT molecular complexity index is 1360. The highest BCUT2D eigenvalue weighted by molar-refractivity contribution is 6.24. The lowest BCUT2D eigenvalue weighted by Gasteiger charge is -2.35. The first-order chi connectivity index (χ1) is 19.0. The maximum Gasteiger partial charge on any atom is 0.410 e. The van der Waals surface area contributed by atoms with E-state index in [-0.39, 0.29) is 35.8 Å². The van der Waals surface area contributed by atoms with Crippen LogP contribution in [-0.4, -0.2) is 82.2 Å². The van der Waals surface area contributed by atoms with Crippen LogP contribution in [-0.2, 0) is 20.9 Å². The molecule has 1 atom stereocenters. The molecule has 1 unspecified atom stereocenters. The number of amides is 5. The van der Waals surface area contributed by atoms with Crippen molar-refractivity contribution in [3.05, 3.63) is 59.2 Å². The zero-order chi connectivity index (χ0) is 28.6. The van der Waals surface area contributed by atoms with Crippen LogP contribution in [0.2, 0.25) is 0 Å². The second kappa shape index (κ2) is 10.7. The van der Waals surface area contributed by atoms with Gasteiger partial charge in [0.15, 0.2) is 0 Å². The number of nitrogens with one attached hydrogen (secondary N) is 1. The molecule has 0 aromatic heterocycles. The van der Waals surface area contributed by atoms with E-state index in [0.29, 0.717) is 25.4 Å². The van der Waals surface area contributed by atoms with E-state index in [1.165, 1.54) is 6.07 Å². The molecule has 0 spiro atoms. The molecule has 3 aliphatic heterocycles. The monoisotopic (exact) mass is 548 g/mol. The van der Waals surface area contributed by atoms with Crippen molar-refractivity contribution in [2.45, 2.75) is 51.8 Å². The van der Waals surface area contributed by atoms with Crippen LogP contribution >= 0.6 is 0 Å². The summed E-state index contributed by atoms with van der Waals surface area (Å²) in [6, 6.07) is 11.2. The quantitative estimate of drug-likeness (QED) is 0.566. The Morgan fingerprint density at radius 2 is 1.65 bits per heavy atom. The van der Waals surface area contributed by atoms with Gasteiger partial charge in [0.05, 0.1) is 11.1 Å². The second-order valence-electron chi connectivity index (χ2n) is 11.1. The van der Waals surface area contributed by atoms with Crippen molar-refractivity contribution in [3.63, 3.8) is 0 Å². The molecule has 2 aromatic carbocycles. The predicted molar refractivity (Wildman–Crippen MR) is 143 cm³/mol. The highest BCUT2D eigenvalue weighted by Crippen LogP contribution is 2.36. The van der Waals surface area contributed by atoms with Crippen LogP contribution in [0, 0.1) is 0 Å². The first-order valence-electron chi connectivity index (χ1n) is 13.3. The lowest BCUT2D eigenvalue weighted by molar-refractivity contribution is -0.136. The highest BCUT2D eigenvalue weighted by Gasteiger charge is 2.46. The Hall–Kier alpha value is -4.25. The Morgan fingerprint density at radius 3 is 2.30 bits per heavy atom. The van der Waals surface area contributed by atoms with Gasteiger partial charge in [-0.1, -0.05) is 18.2 Å². The third-order valence-corrected chi connectivity index (χ3v) is 7.01. The number of piperidine rings is 1. The molecule has 40 heavy (non-hydrogen) atoms. The average Bonchev–Trinajstić information content (AvgIpc) is 3.15. The Kier molecular flexibility index (Phi) is 7.33. The van der Waals surface area contributed by atoms with Gasteiger partial charge in [-0.25, -0.2) is 4.79 Å². The molecular formula is C29H32N4O7. The molecule has 3 aliphatic rings. The van der Waals surface area contributed by atoms with Gasteiger partial charge in [-0.05, 0) is 57.0 Å². The fourth-order valence-corrected chi connectivity index (χ4v) is 5.03. The topological polar surface area (TPSA) is 126 Å². The van der Waals surface area contributed by atoms with Gasteiger partial charge >= 0.3 is 6.09 Å². The minimum atomic E-state index is -1.04. The van der Waals surface area contributed by atoms with Crippen LogP contribution in [0.5, 0.6) is 11.5 Å². The molecule has 0 aliphatic carbocycles. The number of nitrogens with zero attached hydrogens (tertiary/aromatic N) is 3. The summed E-state index contributed by atoms with van der Waals surface area (Å²) < 4.78 is 11.5. The number of benzene rings is 2. The summed E-state index contributed by atoms with van der Waals surface area (Å²) in [7, 11) is 0. The van der Waals surface area contributed by atoms with Crippen molar-refractivity contribution < 1.29 is 33.4 Å². The normalized spacial score (nSPS) is 19.9. The van der Waals surface area contributed by atoms with Gasteiger partial charge in [0.2, 0.25) is 11.8 Å². The summed E-state index contributed by atoms with van der Waals surface area (Å²) in [5.41, 5.74) is 0.804. The largest absolute Gasteiger partial charge is 0.457 e. The number of hydrogen-bond donors (Lipinski definition) is 1. The maximum absolute atomic E-state index is 13.3. The Labute approximate surface area is 232 Å². The van der Waals surface area contributed by atoms with Crippen LogP contribution in [0.1, 0.15) is 59.9 Å². The van der Waals surface area contributed by atoms with E-state index in [9.17, 15) is 24.0 Å². The molecule has 1 N–H and O–H groups in total. The number of rotatable bonds is 5. The molecule has 3 heterocycles. The van der Waals surface area contributed by atoms with Crippen molar-refractivity contribution in [3.8, 4) is 11.5 Å². The molecule has 2 aromatic rings. The van der Waals surface area contributed by atoms with E-state index in [1.807, 2.05) is 32.9 Å². The second-order valence-corrected chi connectivity index (χ2v) is 11.1. The van der Waals surface area contributed by atoms with E-state index in [0.717, 1.165) is 23.6 Å². The van der Waals surface area contributed by atoms with Gasteiger partial charge in [0.1, 0.15) is 23.1 Å². The summed E-state index contributed by atoms with van der Waals surface area (Å²) >= 11 is 0. The van der Waals surface area contributed by atoms with Crippen LogP contribution in [0.15, 0.2) is 42.5 Å². The number of imide groups is 2. The fraction of sp³-hybridized carbons (Fsp3) is 0.414. The van der Waals surface area contributed by atoms with Gasteiger partial charge in [0, 0.05) is 39.1 Å². The third kappa shape index (κ3) is 5.69. The zero-order valence-corrected chi connectivity index (χ0v) is 22.8. The SMILES string of the molecule is CC(C)(C)OC(=O)N1CCN(Cc2ccc(Oc3cccc4c3C(=O)N(C3CCC(=O)NC3=O)C4=O)cc2)CC1. The van der Waals surface area contributed by atoms with Crippen LogP contribution < -0.4 is 10.1 Å². The fourth-order valence-electron chi connectivity index (χ4n) is 5.03. The summed E-state index contributed by atoms with van der Waals surface area (Å²) in [6.45, 7) is 8.92. The Morgan fingerprint density at radius 1 is 0.950 bits per heavy atom. The molecule has 210 valence electrons. The van der Waals surface area contributed by atoms with E-state index in [1.54, 1.807) is 29.2 Å². The highest BCUT2D eigenvalue weighted by atomic mass is 16.6. The van der Waals surface area contributed by atoms with E-state index in [2.05, 4.69) is 10.2 Å². The van der Waals surface area contributed by atoms with Crippen molar-refractivity contribution in [1.29, 1.82) is 0 Å². The van der Waals surface area contributed by atoms with E-state index < -0.39 is 35.3 Å². The van der Waals surface area contributed by atoms with Gasteiger partial charge < -0.3 is 14.4 Å². The summed E-state index contributed by atoms with van der Waals surface area (Å²) in [5, 5.41) is 2.20. The maximum atomic E-state index is 13.3. The third-order valence-electron chi connectivity index (χ3n) is 7.01. The average molecular weight is 549 g/mol. The number of hydrogen-bond acceptors (Lipinski definition) is 8. The van der Waals surface area contributed by atoms with Crippen LogP contribution in [0.3, 0.4) is 0 Å². The first-order valence-corrected chi connectivity index (χ1v) is 13.3. The Balaban J connectivity index is 1.21. The molecule has 2 saturated heterocycles. The van der Waals surface area contributed by atoms with Gasteiger partial charge in [0.25, 0.3) is 11.8 Å². The van der Waals surface area contributed by atoms with Gasteiger partial charge in [-0.2, -0.15) is 0 Å². The van der Waals surface area contributed by atoms with E-state index in [4.69, 9.17) is 9.47 Å². The van der Waals surface area contributed by atoms with Gasteiger partial charge in [-0.15, -0.1) is 0 Å². The lowest BCUT2D eigenvalue weighted by atomic mass is 10.0. The standard InChI is InChI=1S/C29H32N4O7/c1-29(2,3)40-28(38)32-15-13-31(14-16-32)17-18-7-9-19(10-8-18)39-22-6-4-5-20-24(22)27(37)33(26(20)36)21-11-12-23(34)30-25(21)35/h4-10,21H,11-17H2,1-3H3,(H,30,34,35). The van der Waals surface area contributed by atoms with Crippen molar-refractivity contribution in [2.24, 2.45) is 0 Å². The van der Waals surface area contributed by atoms with E-state index >= 15 is 0 Å². The number of fused-ring (bicyclic) bond motifs is 1. The first kappa shape index (κ1) is 27.3. The summed E-state index contributed by atoms with van der Waals surface area (Å²) in [5.74, 6) is -1.57. The van der Waals surface area contributed by atoms with Crippen LogP contribution in [0.4, 0.5) is 4.79 Å². The molecule has 5 amide bonds. The van der Waals surface area contributed by atoms with Crippen LogP contribution in [0.25, 0.3) is 0 Å². The zero-order valence-electron chi connectivity index (χ0n) is 22.8. The summed E-state index contributed by atoms with van der Waals surface area (Å²) in [4.78, 5) is 67.4. The molecule has 0 saturated carbocycles. The van der Waals surface area contributed by atoms with Gasteiger partial charge in [-0.3, -0.25) is 34.3 Å². The molecule has 5 rings (SSSR count). The minimum absolute atomic E-state index is 0.0545. The summed E-state index contributed by atoms with van der Waals surface area (Å²) in [6.07, 6.45) is -0.149. The van der Waals surface area contributed by atoms with Crippen molar-refractivity contribution >= 4 is 29.7 Å². The van der Waals surface area contributed by atoms with Crippen molar-refractivity contribution in [1.82, 2.24) is 20.0 Å². The molecule has 11 nitrogen and oxygen atoms in total.